The summed E-state index contributed by atoms with van der Waals surface area (Å²) in [6.07, 6.45) is 0.937. The second kappa shape index (κ2) is 5.23. The van der Waals surface area contributed by atoms with E-state index in [0.717, 1.165) is 6.42 Å². The van der Waals surface area contributed by atoms with E-state index >= 15 is 0 Å². The molecule has 0 aromatic rings. The number of hydrogen-bond acceptors (Lipinski definition) is 2. The van der Waals surface area contributed by atoms with Crippen LogP contribution < -0.4 is 0 Å². The molecule has 0 amide bonds. The summed E-state index contributed by atoms with van der Waals surface area (Å²) in [6.45, 7) is 4.60. The average Bonchev–Trinajstić information content (AvgIpc) is 1.88. The summed E-state index contributed by atoms with van der Waals surface area (Å²) >= 11 is 0. The quantitative estimate of drug-likeness (QED) is 0.591. The van der Waals surface area contributed by atoms with Gasteiger partial charge in [0.1, 0.15) is 0 Å². The van der Waals surface area contributed by atoms with Crippen LogP contribution in [0.25, 0.3) is 0 Å². The fourth-order valence-electron chi connectivity index (χ4n) is 0.476. The molecule has 0 fully saturated rings. The van der Waals surface area contributed by atoms with Crippen LogP contribution in [0.5, 0.6) is 0 Å². The van der Waals surface area contributed by atoms with Gasteiger partial charge in [0.25, 0.3) is 0 Å². The van der Waals surface area contributed by atoms with Crippen LogP contribution in [0, 0.1) is 5.92 Å². The number of carboxylic acids is 1. The van der Waals surface area contributed by atoms with Gasteiger partial charge in [0.15, 0.2) is 0 Å². The molecule has 0 aromatic carbocycles. The molecule has 0 aliphatic carbocycles. The van der Waals surface area contributed by atoms with Crippen LogP contribution in [0.2, 0.25) is 0 Å². The van der Waals surface area contributed by atoms with Crippen molar-refractivity contribution in [2.45, 2.75) is 20.3 Å². The minimum absolute atomic E-state index is 0.323. The van der Waals surface area contributed by atoms with Crippen molar-refractivity contribution in [2.75, 3.05) is 13.2 Å². The summed E-state index contributed by atoms with van der Waals surface area (Å²) in [5.41, 5.74) is 0. The minimum Gasteiger partial charge on any atom is -0.481 e. The minimum atomic E-state index is -0.795. The van der Waals surface area contributed by atoms with E-state index in [1.54, 1.807) is 6.92 Å². The Morgan fingerprint density at radius 3 is 2.70 bits per heavy atom. The van der Waals surface area contributed by atoms with Crippen LogP contribution in [0.1, 0.15) is 20.3 Å². The van der Waals surface area contributed by atoms with E-state index in [0.29, 0.717) is 13.2 Å². The zero-order valence-corrected chi connectivity index (χ0v) is 6.46. The van der Waals surface area contributed by atoms with Crippen molar-refractivity contribution in [2.24, 2.45) is 5.92 Å². The summed E-state index contributed by atoms with van der Waals surface area (Å²) in [4.78, 5) is 10.2. The molecule has 0 aromatic heterocycles. The fourth-order valence-corrected chi connectivity index (χ4v) is 0.476. The Bertz CT molecular complexity index is 101. The van der Waals surface area contributed by atoms with E-state index < -0.39 is 5.97 Å². The molecule has 0 heterocycles. The van der Waals surface area contributed by atoms with Gasteiger partial charge in [-0.1, -0.05) is 6.92 Å². The Labute approximate surface area is 61.0 Å². The Hall–Kier alpha value is -0.570. The van der Waals surface area contributed by atoms with Gasteiger partial charge in [0.2, 0.25) is 0 Å². The Balaban J connectivity index is 3.21. The Kier molecular flexibility index (Phi) is 4.94. The highest BCUT2D eigenvalue weighted by Crippen LogP contribution is 1.95. The monoisotopic (exact) mass is 146 g/mol. The summed E-state index contributed by atoms with van der Waals surface area (Å²) in [5.74, 6) is -1.18. The number of carboxylic acid groups (broad SMARTS) is 1. The first kappa shape index (κ1) is 9.43. The molecule has 0 rings (SSSR count). The number of ether oxygens (including phenoxy) is 1. The third-order valence-electron chi connectivity index (χ3n) is 1.14. The maximum absolute atomic E-state index is 10.2. The van der Waals surface area contributed by atoms with Gasteiger partial charge in [-0.2, -0.15) is 0 Å². The molecule has 3 heteroatoms. The number of rotatable bonds is 5. The van der Waals surface area contributed by atoms with Crippen LogP contribution in [0.3, 0.4) is 0 Å². The summed E-state index contributed by atoms with van der Waals surface area (Å²) in [7, 11) is 0. The zero-order valence-electron chi connectivity index (χ0n) is 6.46. The predicted octanol–water partition coefficient (Wildman–Crippen LogP) is 1.13. The molecule has 0 unspecified atom stereocenters. The molecule has 1 N–H and O–H groups in total. The van der Waals surface area contributed by atoms with Gasteiger partial charge in [-0.15, -0.1) is 0 Å². The molecule has 0 radical (unpaired) electrons. The second-order valence-corrected chi connectivity index (χ2v) is 2.31. The average molecular weight is 146 g/mol. The molecule has 0 bridgehead atoms. The van der Waals surface area contributed by atoms with Crippen LogP contribution in [-0.2, 0) is 9.53 Å². The highest BCUT2D eigenvalue weighted by atomic mass is 16.5. The van der Waals surface area contributed by atoms with E-state index in [4.69, 9.17) is 9.84 Å². The first-order chi connectivity index (χ1) is 4.68. The standard InChI is InChI=1S/C7H14O3/c1-3-4-10-5-6(2)7(8)9/h6H,3-5H2,1-2H3,(H,8,9)/t6-/m1/s1. The molecule has 0 saturated heterocycles. The van der Waals surface area contributed by atoms with E-state index in [9.17, 15) is 4.79 Å². The van der Waals surface area contributed by atoms with Gasteiger partial charge in [-0.05, 0) is 13.3 Å². The summed E-state index contributed by atoms with van der Waals surface area (Å²) in [5, 5.41) is 8.40. The smallest absolute Gasteiger partial charge is 0.308 e. The van der Waals surface area contributed by atoms with Crippen molar-refractivity contribution >= 4 is 5.97 Å². The van der Waals surface area contributed by atoms with Crippen LogP contribution in [0.4, 0.5) is 0 Å². The predicted molar refractivity (Wildman–Crippen MR) is 37.9 cm³/mol. The third kappa shape index (κ3) is 4.32. The molecule has 60 valence electrons. The van der Waals surface area contributed by atoms with E-state index in [2.05, 4.69) is 0 Å². The van der Waals surface area contributed by atoms with Crippen LogP contribution in [0.15, 0.2) is 0 Å². The van der Waals surface area contributed by atoms with Gasteiger partial charge in [-0.25, -0.2) is 0 Å². The Morgan fingerprint density at radius 1 is 1.70 bits per heavy atom. The van der Waals surface area contributed by atoms with E-state index in [1.165, 1.54) is 0 Å². The van der Waals surface area contributed by atoms with Gasteiger partial charge in [0, 0.05) is 6.61 Å². The zero-order chi connectivity index (χ0) is 7.98. The van der Waals surface area contributed by atoms with Gasteiger partial charge in [0.05, 0.1) is 12.5 Å². The summed E-state index contributed by atoms with van der Waals surface area (Å²) < 4.78 is 5.03. The first-order valence-electron chi connectivity index (χ1n) is 3.49. The normalized spacial score (nSPS) is 13.0. The van der Waals surface area contributed by atoms with Gasteiger partial charge >= 0.3 is 5.97 Å². The first-order valence-corrected chi connectivity index (χ1v) is 3.49. The number of carbonyl (C=O) groups is 1. The molecule has 0 saturated carbocycles. The fraction of sp³-hybridized carbons (Fsp3) is 0.857. The lowest BCUT2D eigenvalue weighted by Gasteiger charge is -2.05. The number of aliphatic carboxylic acids is 1. The van der Waals surface area contributed by atoms with Gasteiger partial charge in [-0.3, -0.25) is 4.79 Å². The second-order valence-electron chi connectivity index (χ2n) is 2.31. The third-order valence-corrected chi connectivity index (χ3v) is 1.14. The Morgan fingerprint density at radius 2 is 2.30 bits per heavy atom. The number of hydrogen-bond donors (Lipinski definition) is 1. The molecular formula is C7H14O3. The van der Waals surface area contributed by atoms with Crippen molar-refractivity contribution in [1.29, 1.82) is 0 Å². The lowest BCUT2D eigenvalue weighted by Crippen LogP contribution is -2.16. The van der Waals surface area contributed by atoms with Crippen molar-refractivity contribution in [1.82, 2.24) is 0 Å². The SMILES string of the molecule is CCCOC[C@@H](C)C(=O)O. The van der Waals surface area contributed by atoms with E-state index in [1.807, 2.05) is 6.92 Å². The maximum Gasteiger partial charge on any atom is 0.308 e. The summed E-state index contributed by atoms with van der Waals surface area (Å²) in [6, 6.07) is 0. The lowest BCUT2D eigenvalue weighted by molar-refractivity contribution is -0.143. The van der Waals surface area contributed by atoms with Crippen molar-refractivity contribution < 1.29 is 14.6 Å². The van der Waals surface area contributed by atoms with Crippen LogP contribution in [-0.4, -0.2) is 24.3 Å². The van der Waals surface area contributed by atoms with Crippen molar-refractivity contribution in [3.8, 4) is 0 Å². The molecular weight excluding hydrogens is 132 g/mol. The van der Waals surface area contributed by atoms with Crippen LogP contribution >= 0.6 is 0 Å². The highest BCUT2D eigenvalue weighted by Gasteiger charge is 2.09. The lowest BCUT2D eigenvalue weighted by atomic mass is 10.2. The van der Waals surface area contributed by atoms with Gasteiger partial charge < -0.3 is 9.84 Å². The van der Waals surface area contributed by atoms with Crippen molar-refractivity contribution in [3.63, 3.8) is 0 Å². The molecule has 0 aliphatic heterocycles. The molecule has 3 nitrogen and oxygen atoms in total. The molecule has 0 aliphatic rings. The highest BCUT2D eigenvalue weighted by molar-refractivity contribution is 5.69. The maximum atomic E-state index is 10.2. The van der Waals surface area contributed by atoms with Crippen molar-refractivity contribution in [3.05, 3.63) is 0 Å². The largest absolute Gasteiger partial charge is 0.481 e. The van der Waals surface area contributed by atoms with E-state index in [-0.39, 0.29) is 5.92 Å². The topological polar surface area (TPSA) is 46.5 Å². The molecule has 10 heavy (non-hydrogen) atoms. The molecule has 1 atom stereocenters. The molecule has 0 spiro atoms.